The standard InChI is InChI=1S/C18H21N3O5/c1-11(21-17(24)12-5-2-3-6-13(12)18(21)25)15(22)19-8-9-20-16(23)14-7-4-10-26-14/h2-3,5-6,11,14H,4,7-10H2,1H3,(H,19,22)(H,20,23). The van der Waals surface area contributed by atoms with Crippen LogP contribution < -0.4 is 10.6 Å². The molecule has 0 aliphatic carbocycles. The van der Waals surface area contributed by atoms with Gasteiger partial charge in [-0.1, -0.05) is 12.1 Å². The number of ether oxygens (including phenoxy) is 1. The Bertz CT molecular complexity index is 707. The fourth-order valence-corrected chi connectivity index (χ4v) is 3.09. The highest BCUT2D eigenvalue weighted by atomic mass is 16.5. The first kappa shape index (κ1) is 18.1. The average molecular weight is 359 g/mol. The van der Waals surface area contributed by atoms with E-state index in [1.165, 1.54) is 6.92 Å². The quantitative estimate of drug-likeness (QED) is 0.553. The summed E-state index contributed by atoms with van der Waals surface area (Å²) in [5.41, 5.74) is 0.613. The Kier molecular flexibility index (Phi) is 5.32. The highest BCUT2D eigenvalue weighted by molar-refractivity contribution is 6.22. The van der Waals surface area contributed by atoms with Crippen LogP contribution in [0, 0.1) is 0 Å². The van der Waals surface area contributed by atoms with Gasteiger partial charge in [0.15, 0.2) is 0 Å². The Hall–Kier alpha value is -2.74. The van der Waals surface area contributed by atoms with Crippen molar-refractivity contribution in [2.24, 2.45) is 0 Å². The molecule has 0 spiro atoms. The van der Waals surface area contributed by atoms with Crippen LogP contribution in [0.3, 0.4) is 0 Å². The van der Waals surface area contributed by atoms with Crippen molar-refractivity contribution in [2.45, 2.75) is 31.9 Å². The number of rotatable bonds is 6. The summed E-state index contributed by atoms with van der Waals surface area (Å²) in [7, 11) is 0. The third-order valence-corrected chi connectivity index (χ3v) is 4.54. The van der Waals surface area contributed by atoms with E-state index in [9.17, 15) is 19.2 Å². The van der Waals surface area contributed by atoms with Crippen molar-refractivity contribution in [1.29, 1.82) is 0 Å². The maximum atomic E-state index is 12.4. The second-order valence-corrected chi connectivity index (χ2v) is 6.29. The van der Waals surface area contributed by atoms with Crippen LogP contribution in [0.15, 0.2) is 24.3 Å². The molecule has 3 rings (SSSR count). The van der Waals surface area contributed by atoms with Gasteiger partial charge in [0.05, 0.1) is 11.1 Å². The highest BCUT2D eigenvalue weighted by Crippen LogP contribution is 2.24. The van der Waals surface area contributed by atoms with E-state index in [2.05, 4.69) is 10.6 Å². The molecule has 2 atom stereocenters. The largest absolute Gasteiger partial charge is 0.368 e. The van der Waals surface area contributed by atoms with Crippen molar-refractivity contribution in [3.05, 3.63) is 35.4 Å². The van der Waals surface area contributed by atoms with Gasteiger partial charge in [0.25, 0.3) is 11.8 Å². The van der Waals surface area contributed by atoms with Crippen LogP contribution >= 0.6 is 0 Å². The number of fused-ring (bicyclic) bond motifs is 1. The first-order valence-corrected chi connectivity index (χ1v) is 8.64. The molecule has 1 aromatic rings. The van der Waals surface area contributed by atoms with E-state index in [0.717, 1.165) is 11.3 Å². The number of amides is 4. The van der Waals surface area contributed by atoms with Gasteiger partial charge >= 0.3 is 0 Å². The number of nitrogens with one attached hydrogen (secondary N) is 2. The van der Waals surface area contributed by atoms with Crippen LogP contribution in [0.25, 0.3) is 0 Å². The molecule has 2 N–H and O–H groups in total. The third-order valence-electron chi connectivity index (χ3n) is 4.54. The molecule has 2 heterocycles. The van der Waals surface area contributed by atoms with Crippen molar-refractivity contribution >= 4 is 23.6 Å². The van der Waals surface area contributed by atoms with Gasteiger partial charge in [-0.25, -0.2) is 0 Å². The molecule has 0 radical (unpaired) electrons. The van der Waals surface area contributed by atoms with Crippen LogP contribution in [0.1, 0.15) is 40.5 Å². The summed E-state index contributed by atoms with van der Waals surface area (Å²) in [6, 6.07) is 5.56. The second kappa shape index (κ2) is 7.65. The minimum Gasteiger partial charge on any atom is -0.368 e. The van der Waals surface area contributed by atoms with Gasteiger partial charge in [0.1, 0.15) is 12.1 Å². The number of hydrogen-bond acceptors (Lipinski definition) is 5. The molecule has 8 heteroatoms. The fourth-order valence-electron chi connectivity index (χ4n) is 3.09. The van der Waals surface area contributed by atoms with Crippen LogP contribution in [-0.2, 0) is 14.3 Å². The second-order valence-electron chi connectivity index (χ2n) is 6.29. The number of hydrogen-bond donors (Lipinski definition) is 2. The first-order valence-electron chi connectivity index (χ1n) is 8.64. The lowest BCUT2D eigenvalue weighted by atomic mass is 10.1. The first-order chi connectivity index (χ1) is 12.5. The van der Waals surface area contributed by atoms with Crippen molar-refractivity contribution in [3.63, 3.8) is 0 Å². The van der Waals surface area contributed by atoms with Crippen LogP contribution in [0.4, 0.5) is 0 Å². The van der Waals surface area contributed by atoms with Crippen LogP contribution in [0.5, 0.6) is 0 Å². The molecule has 8 nitrogen and oxygen atoms in total. The Morgan fingerprint density at radius 2 is 1.77 bits per heavy atom. The predicted molar refractivity (Wildman–Crippen MR) is 91.4 cm³/mol. The molecular formula is C18H21N3O5. The lowest BCUT2D eigenvalue weighted by molar-refractivity contribution is -0.130. The van der Waals surface area contributed by atoms with E-state index in [-0.39, 0.29) is 19.0 Å². The van der Waals surface area contributed by atoms with E-state index < -0.39 is 29.9 Å². The zero-order chi connectivity index (χ0) is 18.7. The molecule has 4 amide bonds. The van der Waals surface area contributed by atoms with Gasteiger partial charge in [-0.15, -0.1) is 0 Å². The minimum absolute atomic E-state index is 0.190. The van der Waals surface area contributed by atoms with Gasteiger partial charge in [-0.3, -0.25) is 24.1 Å². The summed E-state index contributed by atoms with van der Waals surface area (Å²) < 4.78 is 5.27. The number of benzene rings is 1. The van der Waals surface area contributed by atoms with Crippen molar-refractivity contribution in [1.82, 2.24) is 15.5 Å². The molecule has 0 bridgehead atoms. The maximum absolute atomic E-state index is 12.4. The summed E-state index contributed by atoms with van der Waals surface area (Å²) in [6.07, 6.45) is 1.16. The molecule has 26 heavy (non-hydrogen) atoms. The zero-order valence-electron chi connectivity index (χ0n) is 14.5. The Balaban J connectivity index is 1.48. The van der Waals surface area contributed by atoms with Gasteiger partial charge in [0, 0.05) is 19.7 Å². The summed E-state index contributed by atoms with van der Waals surface area (Å²) in [4.78, 5) is 49.8. The number of nitrogens with zero attached hydrogens (tertiary/aromatic N) is 1. The smallest absolute Gasteiger partial charge is 0.262 e. The Morgan fingerprint density at radius 3 is 2.35 bits per heavy atom. The summed E-state index contributed by atoms with van der Waals surface area (Å²) in [5.74, 6) is -1.59. The highest BCUT2D eigenvalue weighted by Gasteiger charge is 2.40. The lowest BCUT2D eigenvalue weighted by Gasteiger charge is -2.21. The molecule has 2 aliphatic heterocycles. The van der Waals surface area contributed by atoms with E-state index in [4.69, 9.17) is 4.74 Å². The Morgan fingerprint density at radius 1 is 1.15 bits per heavy atom. The monoisotopic (exact) mass is 359 g/mol. The van der Waals surface area contributed by atoms with Gasteiger partial charge in [0.2, 0.25) is 11.8 Å². The van der Waals surface area contributed by atoms with Crippen LogP contribution in [0.2, 0.25) is 0 Å². The van der Waals surface area contributed by atoms with Gasteiger partial charge in [-0.05, 0) is 31.9 Å². The molecule has 138 valence electrons. The Labute approximate surface area is 150 Å². The molecule has 1 aromatic carbocycles. The summed E-state index contributed by atoms with van der Waals surface area (Å²) in [6.45, 7) is 2.54. The maximum Gasteiger partial charge on any atom is 0.262 e. The normalized spacial score (nSPS) is 20.0. The summed E-state index contributed by atoms with van der Waals surface area (Å²) in [5, 5.41) is 5.33. The molecule has 2 aliphatic rings. The number of carbonyl (C=O) groups excluding carboxylic acids is 4. The van der Waals surface area contributed by atoms with Gasteiger partial charge in [-0.2, -0.15) is 0 Å². The third kappa shape index (κ3) is 3.45. The molecule has 1 fully saturated rings. The minimum atomic E-state index is -0.934. The molecule has 0 aromatic heterocycles. The zero-order valence-corrected chi connectivity index (χ0v) is 14.5. The van der Waals surface area contributed by atoms with Crippen molar-refractivity contribution < 1.29 is 23.9 Å². The lowest BCUT2D eigenvalue weighted by Crippen LogP contribution is -2.49. The average Bonchev–Trinajstić information content (AvgIpc) is 3.26. The van der Waals surface area contributed by atoms with E-state index in [1.54, 1.807) is 24.3 Å². The van der Waals surface area contributed by atoms with Crippen molar-refractivity contribution in [3.8, 4) is 0 Å². The number of imide groups is 1. The van der Waals surface area contributed by atoms with Crippen LogP contribution in [-0.4, -0.2) is 60.4 Å². The van der Waals surface area contributed by atoms with Gasteiger partial charge < -0.3 is 15.4 Å². The molecule has 2 unspecified atom stereocenters. The van der Waals surface area contributed by atoms with E-state index in [1.807, 2.05) is 0 Å². The van der Waals surface area contributed by atoms with E-state index in [0.29, 0.717) is 24.2 Å². The van der Waals surface area contributed by atoms with E-state index >= 15 is 0 Å². The van der Waals surface area contributed by atoms with Crippen molar-refractivity contribution in [2.75, 3.05) is 19.7 Å². The SMILES string of the molecule is CC(C(=O)NCCNC(=O)C1CCCO1)N1C(=O)c2ccccc2C1=O. The predicted octanol–water partition coefficient (Wildman–Crippen LogP) is 0.0825. The fraction of sp³-hybridized carbons (Fsp3) is 0.444. The molecule has 1 saturated heterocycles. The molecule has 0 saturated carbocycles. The topological polar surface area (TPSA) is 105 Å². The number of carbonyl (C=O) groups is 4. The molecular weight excluding hydrogens is 338 g/mol. The summed E-state index contributed by atoms with van der Waals surface area (Å²) >= 11 is 0.